The van der Waals surface area contributed by atoms with Gasteiger partial charge in [0.15, 0.2) is 11.5 Å². The van der Waals surface area contributed by atoms with Crippen LogP contribution in [0.25, 0.3) is 0 Å². The minimum atomic E-state index is 0.132. The van der Waals surface area contributed by atoms with E-state index in [0.717, 1.165) is 42.0 Å². The fraction of sp³-hybridized carbons (Fsp3) is 0.250. The molecule has 0 bridgehead atoms. The Kier molecular flexibility index (Phi) is 4.77. The molecule has 3 heteroatoms. The SMILES string of the molecule is C[C@H]1CCC/C(=C/Nc2ccccc2Oc2ccccc2)C1=O. The lowest BCUT2D eigenvalue weighted by Gasteiger charge is -2.19. The normalized spacial score (nSPS) is 19.6. The molecule has 1 atom stereocenters. The number of allylic oxidation sites excluding steroid dienone is 1. The van der Waals surface area contributed by atoms with Crippen LogP contribution in [0, 0.1) is 5.92 Å². The summed E-state index contributed by atoms with van der Waals surface area (Å²) in [6.45, 7) is 2.00. The number of ether oxygens (including phenoxy) is 1. The minimum Gasteiger partial charge on any atom is -0.455 e. The van der Waals surface area contributed by atoms with Gasteiger partial charge in [-0.15, -0.1) is 0 Å². The zero-order valence-corrected chi connectivity index (χ0v) is 13.3. The number of hydrogen-bond donors (Lipinski definition) is 1. The van der Waals surface area contributed by atoms with E-state index < -0.39 is 0 Å². The van der Waals surface area contributed by atoms with Gasteiger partial charge in [-0.05, 0) is 43.5 Å². The van der Waals surface area contributed by atoms with E-state index in [1.165, 1.54) is 0 Å². The van der Waals surface area contributed by atoms with E-state index >= 15 is 0 Å². The third kappa shape index (κ3) is 3.81. The molecule has 2 aromatic carbocycles. The summed E-state index contributed by atoms with van der Waals surface area (Å²) in [5.74, 6) is 1.92. The van der Waals surface area contributed by atoms with Crippen molar-refractivity contribution < 1.29 is 9.53 Å². The van der Waals surface area contributed by atoms with E-state index in [4.69, 9.17) is 4.74 Å². The summed E-state index contributed by atoms with van der Waals surface area (Å²) in [6, 6.07) is 17.4. The number of benzene rings is 2. The van der Waals surface area contributed by atoms with Crippen molar-refractivity contribution in [3.05, 3.63) is 66.4 Å². The summed E-state index contributed by atoms with van der Waals surface area (Å²) < 4.78 is 5.92. The van der Waals surface area contributed by atoms with Gasteiger partial charge < -0.3 is 10.1 Å². The smallest absolute Gasteiger partial charge is 0.163 e. The van der Waals surface area contributed by atoms with Crippen LogP contribution in [0.2, 0.25) is 0 Å². The number of carbonyl (C=O) groups is 1. The zero-order chi connectivity index (χ0) is 16.1. The molecule has 1 N–H and O–H groups in total. The first-order chi connectivity index (χ1) is 11.2. The van der Waals surface area contributed by atoms with Crippen LogP contribution in [0.5, 0.6) is 11.5 Å². The van der Waals surface area contributed by atoms with Crippen molar-refractivity contribution in [2.75, 3.05) is 5.32 Å². The third-order valence-electron chi connectivity index (χ3n) is 4.11. The highest BCUT2D eigenvalue weighted by atomic mass is 16.5. The van der Waals surface area contributed by atoms with Crippen molar-refractivity contribution in [2.45, 2.75) is 26.2 Å². The van der Waals surface area contributed by atoms with Gasteiger partial charge in [-0.25, -0.2) is 0 Å². The maximum atomic E-state index is 12.2. The van der Waals surface area contributed by atoms with Gasteiger partial charge in [0.1, 0.15) is 5.75 Å². The van der Waals surface area contributed by atoms with Gasteiger partial charge in [-0.3, -0.25) is 4.79 Å². The number of para-hydroxylation sites is 3. The van der Waals surface area contributed by atoms with Crippen LogP contribution in [0.3, 0.4) is 0 Å². The van der Waals surface area contributed by atoms with Gasteiger partial charge >= 0.3 is 0 Å². The molecule has 1 saturated carbocycles. The average molecular weight is 307 g/mol. The van der Waals surface area contributed by atoms with Crippen LogP contribution >= 0.6 is 0 Å². The van der Waals surface area contributed by atoms with Crippen molar-refractivity contribution >= 4 is 11.5 Å². The Balaban J connectivity index is 1.77. The Morgan fingerprint density at radius 2 is 1.83 bits per heavy atom. The van der Waals surface area contributed by atoms with E-state index in [9.17, 15) is 4.79 Å². The molecule has 3 rings (SSSR count). The fourth-order valence-electron chi connectivity index (χ4n) is 2.77. The van der Waals surface area contributed by atoms with Gasteiger partial charge in [0.2, 0.25) is 0 Å². The third-order valence-corrected chi connectivity index (χ3v) is 4.11. The van der Waals surface area contributed by atoms with Crippen LogP contribution in [0.4, 0.5) is 5.69 Å². The molecule has 0 saturated heterocycles. The molecule has 0 amide bonds. The van der Waals surface area contributed by atoms with Crippen LogP contribution in [0.1, 0.15) is 26.2 Å². The van der Waals surface area contributed by atoms with Crippen molar-refractivity contribution in [1.29, 1.82) is 0 Å². The molecular formula is C20H21NO2. The molecule has 2 aromatic rings. The first kappa shape index (κ1) is 15.3. The quantitative estimate of drug-likeness (QED) is 0.792. The summed E-state index contributed by atoms with van der Waals surface area (Å²) in [6.07, 6.45) is 4.75. The van der Waals surface area contributed by atoms with Crippen LogP contribution in [-0.4, -0.2) is 5.78 Å². The van der Waals surface area contributed by atoms with Gasteiger partial charge in [0, 0.05) is 17.7 Å². The van der Waals surface area contributed by atoms with Crippen molar-refractivity contribution in [3.63, 3.8) is 0 Å². The molecule has 1 aliphatic rings. The topological polar surface area (TPSA) is 38.3 Å². The maximum Gasteiger partial charge on any atom is 0.163 e. The first-order valence-electron chi connectivity index (χ1n) is 8.06. The molecule has 0 unspecified atom stereocenters. The van der Waals surface area contributed by atoms with Crippen molar-refractivity contribution in [3.8, 4) is 11.5 Å². The molecule has 1 fully saturated rings. The van der Waals surface area contributed by atoms with E-state index in [-0.39, 0.29) is 11.7 Å². The van der Waals surface area contributed by atoms with E-state index in [1.54, 1.807) is 0 Å². The molecule has 1 aliphatic carbocycles. The number of Topliss-reactive ketones (excluding diaryl/α,β-unsaturated/α-hetero) is 1. The standard InChI is InChI=1S/C20H21NO2/c1-15-8-7-9-16(20(15)22)14-21-18-12-5-6-13-19(18)23-17-10-3-2-4-11-17/h2-6,10-15,21H,7-9H2,1H3/b16-14-/t15-/m0/s1. The maximum absolute atomic E-state index is 12.2. The van der Waals surface area contributed by atoms with Gasteiger partial charge in [-0.2, -0.15) is 0 Å². The molecular weight excluding hydrogens is 286 g/mol. The molecule has 0 aliphatic heterocycles. The number of carbonyl (C=O) groups excluding carboxylic acids is 1. The monoisotopic (exact) mass is 307 g/mol. The number of ketones is 1. The lowest BCUT2D eigenvalue weighted by Crippen LogP contribution is -2.19. The summed E-state index contributed by atoms with van der Waals surface area (Å²) in [4.78, 5) is 12.2. The summed E-state index contributed by atoms with van der Waals surface area (Å²) in [5, 5.41) is 3.25. The molecule has 0 heterocycles. The summed E-state index contributed by atoms with van der Waals surface area (Å²) >= 11 is 0. The Hall–Kier alpha value is -2.55. The predicted octanol–water partition coefficient (Wildman–Crippen LogP) is 5.16. The highest BCUT2D eigenvalue weighted by Crippen LogP contribution is 2.30. The molecule has 0 aromatic heterocycles. The molecule has 118 valence electrons. The van der Waals surface area contributed by atoms with E-state index in [0.29, 0.717) is 0 Å². The number of rotatable bonds is 4. The van der Waals surface area contributed by atoms with E-state index in [1.807, 2.05) is 67.7 Å². The van der Waals surface area contributed by atoms with Crippen LogP contribution in [0.15, 0.2) is 66.4 Å². The average Bonchev–Trinajstić information content (AvgIpc) is 2.58. The predicted molar refractivity (Wildman–Crippen MR) is 92.7 cm³/mol. The van der Waals surface area contributed by atoms with Crippen LogP contribution in [-0.2, 0) is 4.79 Å². The second-order valence-corrected chi connectivity index (χ2v) is 5.88. The molecule has 3 nitrogen and oxygen atoms in total. The lowest BCUT2D eigenvalue weighted by atomic mass is 9.86. The number of anilines is 1. The summed E-state index contributed by atoms with van der Waals surface area (Å²) in [5.41, 5.74) is 1.73. The Morgan fingerprint density at radius 1 is 1.09 bits per heavy atom. The number of nitrogens with one attached hydrogen (secondary N) is 1. The molecule has 23 heavy (non-hydrogen) atoms. The summed E-state index contributed by atoms with van der Waals surface area (Å²) in [7, 11) is 0. The zero-order valence-electron chi connectivity index (χ0n) is 13.3. The van der Waals surface area contributed by atoms with E-state index in [2.05, 4.69) is 5.32 Å². The van der Waals surface area contributed by atoms with Crippen molar-refractivity contribution in [1.82, 2.24) is 0 Å². The largest absolute Gasteiger partial charge is 0.455 e. The Morgan fingerprint density at radius 3 is 2.65 bits per heavy atom. The second-order valence-electron chi connectivity index (χ2n) is 5.88. The molecule has 0 spiro atoms. The van der Waals surface area contributed by atoms with Gasteiger partial charge in [-0.1, -0.05) is 37.3 Å². The minimum absolute atomic E-state index is 0.132. The molecule has 0 radical (unpaired) electrons. The fourth-order valence-corrected chi connectivity index (χ4v) is 2.77. The van der Waals surface area contributed by atoms with Crippen molar-refractivity contribution in [2.24, 2.45) is 5.92 Å². The Bertz CT molecular complexity index is 707. The second kappa shape index (κ2) is 7.14. The highest BCUT2D eigenvalue weighted by molar-refractivity contribution is 5.97. The lowest BCUT2D eigenvalue weighted by molar-refractivity contribution is -0.119. The first-order valence-corrected chi connectivity index (χ1v) is 8.06. The Labute approximate surface area is 137 Å². The van der Waals surface area contributed by atoms with Gasteiger partial charge in [0.25, 0.3) is 0 Å². The van der Waals surface area contributed by atoms with Gasteiger partial charge in [0.05, 0.1) is 5.69 Å². The number of hydrogen-bond acceptors (Lipinski definition) is 3. The van der Waals surface area contributed by atoms with Crippen LogP contribution < -0.4 is 10.1 Å². The highest BCUT2D eigenvalue weighted by Gasteiger charge is 2.22.